The zero-order valence-electron chi connectivity index (χ0n) is 21.4. The van der Waals surface area contributed by atoms with Crippen molar-refractivity contribution < 1.29 is 9.53 Å². The van der Waals surface area contributed by atoms with E-state index in [9.17, 15) is 4.79 Å². The van der Waals surface area contributed by atoms with Crippen LogP contribution in [0.1, 0.15) is 62.3 Å². The molecule has 2 aliphatic carbocycles. The van der Waals surface area contributed by atoms with Crippen molar-refractivity contribution in [2.75, 3.05) is 0 Å². The second-order valence-electron chi connectivity index (χ2n) is 10.8. The Morgan fingerprint density at radius 1 is 1.00 bits per heavy atom. The average Bonchev–Trinajstić information content (AvgIpc) is 3.33. The number of aryl methyl sites for hydroxylation is 1. The first-order chi connectivity index (χ1) is 16.8. The van der Waals surface area contributed by atoms with E-state index in [4.69, 9.17) is 9.73 Å². The molecule has 1 fully saturated rings. The summed E-state index contributed by atoms with van der Waals surface area (Å²) in [6.45, 7) is 10.8. The lowest BCUT2D eigenvalue weighted by Crippen LogP contribution is -2.37. The van der Waals surface area contributed by atoms with Crippen molar-refractivity contribution in [2.45, 2.75) is 53.6 Å². The maximum absolute atomic E-state index is 13.7. The number of ether oxygens (including phenoxy) is 1. The minimum absolute atomic E-state index is 0.0552. The number of carbonyl (C=O) groups excluding carboxylic acids is 1. The van der Waals surface area contributed by atoms with E-state index >= 15 is 0 Å². The molecule has 4 unspecified atom stereocenters. The quantitative estimate of drug-likeness (QED) is 0.476. The Bertz CT molecular complexity index is 1220. The van der Waals surface area contributed by atoms with Gasteiger partial charge in [-0.25, -0.2) is 4.79 Å². The van der Waals surface area contributed by atoms with Gasteiger partial charge >= 0.3 is 5.97 Å². The number of fused-ring (bicyclic) bond motifs is 1. The van der Waals surface area contributed by atoms with Crippen LogP contribution >= 0.6 is 0 Å². The first kappa shape index (κ1) is 23.6. The fourth-order valence-corrected chi connectivity index (χ4v) is 6.44. The van der Waals surface area contributed by atoms with Gasteiger partial charge in [0.2, 0.25) is 0 Å². The Hall–Kier alpha value is -3.14. The van der Waals surface area contributed by atoms with Crippen molar-refractivity contribution in [3.63, 3.8) is 0 Å². The van der Waals surface area contributed by atoms with Gasteiger partial charge in [-0.15, -0.1) is 0 Å². The highest BCUT2D eigenvalue weighted by Crippen LogP contribution is 2.40. The molecule has 0 saturated heterocycles. The SMILES string of the molecule is CC1=NC(=Cc2[nH]c(C)c(C(=O)OC3C(C)CC(C)CC3C)c2-c2ccccc2)C2C=CC=CC12. The number of hydrogen-bond acceptors (Lipinski definition) is 3. The molecular weight excluding hydrogens is 432 g/mol. The molecule has 2 aromatic rings. The van der Waals surface area contributed by atoms with Crippen LogP contribution < -0.4 is 0 Å². The smallest absolute Gasteiger partial charge is 0.340 e. The molecule has 1 saturated carbocycles. The average molecular weight is 469 g/mol. The van der Waals surface area contributed by atoms with Crippen molar-refractivity contribution in [2.24, 2.45) is 34.6 Å². The summed E-state index contributed by atoms with van der Waals surface area (Å²) < 4.78 is 6.25. The van der Waals surface area contributed by atoms with Gasteiger partial charge in [0.25, 0.3) is 0 Å². The predicted octanol–water partition coefficient (Wildman–Crippen LogP) is 7.39. The molecule has 4 heteroatoms. The lowest BCUT2D eigenvalue weighted by Gasteiger charge is -2.37. The zero-order chi connectivity index (χ0) is 24.7. The van der Waals surface area contributed by atoms with Crippen LogP contribution in [-0.2, 0) is 4.74 Å². The van der Waals surface area contributed by atoms with Gasteiger partial charge in [0.15, 0.2) is 0 Å². The number of nitrogens with zero attached hydrogens (tertiary/aromatic N) is 1. The third kappa shape index (κ3) is 4.47. The molecule has 4 nitrogen and oxygen atoms in total. The molecule has 0 spiro atoms. The number of carbonyl (C=O) groups is 1. The Labute approximate surface area is 208 Å². The maximum atomic E-state index is 13.7. The summed E-state index contributed by atoms with van der Waals surface area (Å²) in [5.74, 6) is 1.70. The number of hydrogen-bond donors (Lipinski definition) is 1. The molecule has 3 aliphatic rings. The summed E-state index contributed by atoms with van der Waals surface area (Å²) in [6.07, 6.45) is 12.9. The van der Waals surface area contributed by atoms with Gasteiger partial charge in [0, 0.05) is 34.5 Å². The van der Waals surface area contributed by atoms with Crippen molar-refractivity contribution >= 4 is 17.8 Å². The molecular formula is C31H36N2O2. The number of benzene rings is 1. The topological polar surface area (TPSA) is 54.5 Å². The molecule has 0 radical (unpaired) electrons. The van der Waals surface area contributed by atoms with E-state index in [1.54, 1.807) is 0 Å². The van der Waals surface area contributed by atoms with E-state index in [2.05, 4.69) is 75.2 Å². The molecule has 2 heterocycles. The van der Waals surface area contributed by atoms with E-state index in [1.807, 2.05) is 25.1 Å². The molecule has 1 N–H and O–H groups in total. The highest BCUT2D eigenvalue weighted by atomic mass is 16.5. The maximum Gasteiger partial charge on any atom is 0.340 e. The lowest BCUT2D eigenvalue weighted by molar-refractivity contribution is -0.0252. The lowest BCUT2D eigenvalue weighted by atomic mass is 9.75. The number of H-pyrrole nitrogens is 1. The Morgan fingerprint density at radius 3 is 2.34 bits per heavy atom. The Balaban J connectivity index is 1.55. The number of rotatable bonds is 4. The predicted molar refractivity (Wildman–Crippen MR) is 143 cm³/mol. The van der Waals surface area contributed by atoms with E-state index in [1.165, 1.54) is 0 Å². The fourth-order valence-electron chi connectivity index (χ4n) is 6.44. The minimum Gasteiger partial charge on any atom is -0.458 e. The second kappa shape index (κ2) is 9.49. The number of esters is 1. The number of aliphatic imine (C=N–C) groups is 1. The van der Waals surface area contributed by atoms with Crippen molar-refractivity contribution in [3.05, 3.63) is 77.3 Å². The Kier molecular flexibility index (Phi) is 6.39. The normalized spacial score (nSPS) is 30.9. The van der Waals surface area contributed by atoms with E-state index in [-0.39, 0.29) is 18.0 Å². The second-order valence-corrected chi connectivity index (χ2v) is 10.8. The summed E-state index contributed by atoms with van der Waals surface area (Å²) in [5, 5.41) is 0. The van der Waals surface area contributed by atoms with Crippen LogP contribution in [0.4, 0.5) is 0 Å². The largest absolute Gasteiger partial charge is 0.458 e. The molecule has 0 amide bonds. The van der Waals surface area contributed by atoms with E-state index < -0.39 is 0 Å². The molecule has 0 bridgehead atoms. The van der Waals surface area contributed by atoms with Gasteiger partial charge in [0.1, 0.15) is 6.10 Å². The third-order valence-electron chi connectivity index (χ3n) is 7.95. The molecule has 4 atom stereocenters. The highest BCUT2D eigenvalue weighted by molar-refractivity contribution is 6.01. The van der Waals surface area contributed by atoms with E-state index in [0.717, 1.165) is 46.8 Å². The van der Waals surface area contributed by atoms with E-state index in [0.29, 0.717) is 29.2 Å². The highest BCUT2D eigenvalue weighted by Gasteiger charge is 2.36. The van der Waals surface area contributed by atoms with Gasteiger partial charge in [0.05, 0.1) is 11.3 Å². The first-order valence-electron chi connectivity index (χ1n) is 12.9. The van der Waals surface area contributed by atoms with Crippen LogP contribution in [0.5, 0.6) is 0 Å². The molecule has 182 valence electrons. The van der Waals surface area contributed by atoms with Crippen molar-refractivity contribution in [1.29, 1.82) is 0 Å². The minimum atomic E-state index is -0.231. The Morgan fingerprint density at radius 2 is 1.66 bits per heavy atom. The number of aromatic nitrogens is 1. The van der Waals surface area contributed by atoms with Crippen LogP contribution in [0.15, 0.2) is 65.3 Å². The summed E-state index contributed by atoms with van der Waals surface area (Å²) in [7, 11) is 0. The van der Waals surface area contributed by atoms with Gasteiger partial charge in [-0.3, -0.25) is 4.99 Å². The summed E-state index contributed by atoms with van der Waals surface area (Å²) in [6, 6.07) is 10.1. The number of aromatic amines is 1. The van der Waals surface area contributed by atoms with Crippen LogP contribution in [-0.4, -0.2) is 22.8 Å². The van der Waals surface area contributed by atoms with Crippen LogP contribution in [0.2, 0.25) is 0 Å². The molecule has 1 aromatic carbocycles. The molecule has 1 aromatic heterocycles. The van der Waals surface area contributed by atoms with Gasteiger partial charge in [-0.05, 0) is 56.1 Å². The zero-order valence-corrected chi connectivity index (χ0v) is 21.4. The third-order valence-corrected chi connectivity index (χ3v) is 7.95. The standard InChI is InChI=1S/C31H36N2O2/c1-18-15-19(2)30(20(3)16-18)35-31(34)28-22(5)33-27(29(28)23-11-7-6-8-12-23)17-26-25-14-10-9-13-24(25)21(4)32-26/h6-14,17-20,24-25,30,33H,15-16H2,1-5H3. The first-order valence-corrected chi connectivity index (χ1v) is 12.9. The molecule has 35 heavy (non-hydrogen) atoms. The van der Waals surface area contributed by atoms with Gasteiger partial charge < -0.3 is 9.72 Å². The van der Waals surface area contributed by atoms with Crippen LogP contribution in [0, 0.1) is 36.5 Å². The fraction of sp³-hybridized carbons (Fsp3) is 0.419. The monoisotopic (exact) mass is 468 g/mol. The van der Waals surface area contributed by atoms with Crippen molar-refractivity contribution in [1.82, 2.24) is 4.98 Å². The van der Waals surface area contributed by atoms with Crippen LogP contribution in [0.25, 0.3) is 17.2 Å². The van der Waals surface area contributed by atoms with Crippen LogP contribution in [0.3, 0.4) is 0 Å². The number of allylic oxidation sites excluding steroid dienone is 4. The van der Waals surface area contributed by atoms with Gasteiger partial charge in [-0.2, -0.15) is 0 Å². The molecule has 5 rings (SSSR count). The number of nitrogens with one attached hydrogen (secondary N) is 1. The summed E-state index contributed by atoms with van der Waals surface area (Å²) >= 11 is 0. The molecule has 1 aliphatic heterocycles. The van der Waals surface area contributed by atoms with Gasteiger partial charge in [-0.1, -0.05) is 75.4 Å². The summed E-state index contributed by atoms with van der Waals surface area (Å²) in [4.78, 5) is 22.1. The van der Waals surface area contributed by atoms with Crippen molar-refractivity contribution in [3.8, 4) is 11.1 Å². The summed E-state index contributed by atoms with van der Waals surface area (Å²) in [5.41, 5.74) is 6.43.